The summed E-state index contributed by atoms with van der Waals surface area (Å²) in [5, 5.41) is 5.19. The molecule has 0 radical (unpaired) electrons. The van der Waals surface area contributed by atoms with E-state index in [1.54, 1.807) is 0 Å². The van der Waals surface area contributed by atoms with E-state index >= 15 is 0 Å². The zero-order chi connectivity index (χ0) is 38.8. The fourth-order valence-electron chi connectivity index (χ4n) is 9.25. The van der Waals surface area contributed by atoms with Crippen LogP contribution in [-0.4, -0.2) is 22.6 Å². The fraction of sp³-hybridized carbons (Fsp3) is 0.0370. The van der Waals surface area contributed by atoms with Gasteiger partial charge in [-0.05, 0) is 85.7 Å². The van der Waals surface area contributed by atoms with Gasteiger partial charge in [0, 0.05) is 27.6 Å². The summed E-state index contributed by atoms with van der Waals surface area (Å²) in [4.78, 5) is 11.0. The Hall–Kier alpha value is -7.14. The lowest BCUT2D eigenvalue weighted by molar-refractivity contribution is 1.18. The summed E-state index contributed by atoms with van der Waals surface area (Å²) in [6.07, 6.45) is 0. The third-order valence-electron chi connectivity index (χ3n) is 12.0. The molecule has 11 rings (SSSR count). The molecule has 8 aromatic carbocycles. The topological polar surface area (TPSA) is 30.7 Å². The lowest BCUT2D eigenvalue weighted by Gasteiger charge is -2.22. The Kier molecular flexibility index (Phi) is 7.95. The SMILES string of the molecule is C[Si]1(C)c2ccccc2-c2nc(-c3cccc(-c4cccc5c4c4ccccc4n5-c4cccc(-c5ccccc5)c4)c3)nc(-c3cccc(-c4ccccc4)c3)c21. The van der Waals surface area contributed by atoms with Crippen LogP contribution in [0.25, 0.3) is 94.8 Å². The predicted molar refractivity (Wildman–Crippen MR) is 246 cm³/mol. The zero-order valence-electron chi connectivity index (χ0n) is 32.4. The van der Waals surface area contributed by atoms with Gasteiger partial charge in [-0.1, -0.05) is 177 Å². The van der Waals surface area contributed by atoms with Crippen LogP contribution in [0.2, 0.25) is 13.1 Å². The first-order valence-electron chi connectivity index (χ1n) is 20.0. The average Bonchev–Trinajstić information content (AvgIpc) is 3.75. The van der Waals surface area contributed by atoms with Gasteiger partial charge in [-0.25, -0.2) is 9.97 Å². The van der Waals surface area contributed by atoms with Gasteiger partial charge in [0.2, 0.25) is 0 Å². The lowest BCUT2D eigenvalue weighted by atomic mass is 9.97. The van der Waals surface area contributed by atoms with Crippen LogP contribution in [0, 0.1) is 0 Å². The summed E-state index contributed by atoms with van der Waals surface area (Å²) in [7, 11) is -2.13. The highest BCUT2D eigenvalue weighted by Gasteiger charge is 2.41. The largest absolute Gasteiger partial charge is 0.309 e. The van der Waals surface area contributed by atoms with E-state index in [0.717, 1.165) is 39.6 Å². The van der Waals surface area contributed by atoms with E-state index in [1.165, 1.54) is 65.6 Å². The van der Waals surface area contributed by atoms with Gasteiger partial charge in [-0.3, -0.25) is 0 Å². The molecule has 4 heteroatoms. The van der Waals surface area contributed by atoms with Crippen LogP contribution in [0.3, 0.4) is 0 Å². The van der Waals surface area contributed by atoms with Gasteiger partial charge >= 0.3 is 0 Å². The Morgan fingerprint density at radius 1 is 0.397 bits per heavy atom. The highest BCUT2D eigenvalue weighted by Crippen LogP contribution is 2.41. The number of hydrogen-bond acceptors (Lipinski definition) is 2. The van der Waals surface area contributed by atoms with Crippen molar-refractivity contribution < 1.29 is 0 Å². The molecule has 58 heavy (non-hydrogen) atoms. The Morgan fingerprint density at radius 3 is 1.72 bits per heavy atom. The number of aromatic nitrogens is 3. The van der Waals surface area contributed by atoms with Gasteiger partial charge < -0.3 is 4.57 Å². The van der Waals surface area contributed by atoms with E-state index in [2.05, 4.69) is 218 Å². The maximum atomic E-state index is 5.54. The van der Waals surface area contributed by atoms with Crippen molar-refractivity contribution in [3.8, 4) is 73.0 Å². The molecule has 0 saturated carbocycles. The first-order chi connectivity index (χ1) is 28.5. The summed E-state index contributed by atoms with van der Waals surface area (Å²) >= 11 is 0. The minimum absolute atomic E-state index is 0.745. The standard InChI is InChI=1S/C54H39N3Si/c1-58(2)49-32-12-10-28-46(49)52-53(58)51(41-24-13-21-38(33-41)36-17-5-3-6-18-36)55-54(56-52)42-25-14-23-40(34-42)44-29-16-31-48-50(44)45-27-9-11-30-47(45)57(48)43-26-15-22-39(35-43)37-19-7-4-8-20-37/h3-35H,1-2H3. The van der Waals surface area contributed by atoms with Crippen LogP contribution in [0.15, 0.2) is 200 Å². The maximum Gasteiger partial charge on any atom is 0.160 e. The molecule has 2 aromatic heterocycles. The molecule has 0 saturated heterocycles. The van der Waals surface area contributed by atoms with Crippen molar-refractivity contribution in [2.24, 2.45) is 0 Å². The number of fused-ring (bicyclic) bond motifs is 6. The van der Waals surface area contributed by atoms with Gasteiger partial charge in [0.1, 0.15) is 8.07 Å². The summed E-state index contributed by atoms with van der Waals surface area (Å²) < 4.78 is 2.41. The van der Waals surface area contributed by atoms with Crippen molar-refractivity contribution in [1.29, 1.82) is 0 Å². The minimum atomic E-state index is -2.13. The van der Waals surface area contributed by atoms with Crippen molar-refractivity contribution in [3.63, 3.8) is 0 Å². The van der Waals surface area contributed by atoms with Crippen molar-refractivity contribution in [1.82, 2.24) is 14.5 Å². The Balaban J connectivity index is 1.09. The molecule has 0 N–H and O–H groups in total. The van der Waals surface area contributed by atoms with E-state index in [1.807, 2.05) is 0 Å². The molecule has 274 valence electrons. The molecule has 0 amide bonds. The molecule has 10 aromatic rings. The number of rotatable bonds is 6. The van der Waals surface area contributed by atoms with E-state index in [4.69, 9.17) is 9.97 Å². The zero-order valence-corrected chi connectivity index (χ0v) is 33.4. The molecule has 0 spiro atoms. The molecular formula is C54H39N3Si. The second-order valence-corrected chi connectivity index (χ2v) is 20.1. The van der Waals surface area contributed by atoms with E-state index in [-0.39, 0.29) is 0 Å². The molecule has 0 fully saturated rings. The van der Waals surface area contributed by atoms with Crippen LogP contribution in [0.4, 0.5) is 0 Å². The van der Waals surface area contributed by atoms with Gasteiger partial charge in [-0.15, -0.1) is 0 Å². The van der Waals surface area contributed by atoms with Crippen LogP contribution >= 0.6 is 0 Å². The van der Waals surface area contributed by atoms with Crippen molar-refractivity contribution in [2.75, 3.05) is 0 Å². The first-order valence-corrected chi connectivity index (χ1v) is 23.0. The van der Waals surface area contributed by atoms with Crippen LogP contribution in [0.5, 0.6) is 0 Å². The molecular weight excluding hydrogens is 719 g/mol. The van der Waals surface area contributed by atoms with Crippen LogP contribution < -0.4 is 10.4 Å². The maximum absolute atomic E-state index is 5.54. The molecule has 3 nitrogen and oxygen atoms in total. The molecule has 0 unspecified atom stereocenters. The molecule has 0 bridgehead atoms. The van der Waals surface area contributed by atoms with E-state index < -0.39 is 8.07 Å². The molecule has 0 atom stereocenters. The second-order valence-electron chi connectivity index (χ2n) is 15.8. The van der Waals surface area contributed by atoms with Gasteiger partial charge in [-0.2, -0.15) is 0 Å². The van der Waals surface area contributed by atoms with Crippen molar-refractivity contribution >= 4 is 40.3 Å². The van der Waals surface area contributed by atoms with E-state index in [0.29, 0.717) is 0 Å². The third kappa shape index (κ3) is 5.48. The molecule has 0 aliphatic carbocycles. The average molecular weight is 758 g/mol. The lowest BCUT2D eigenvalue weighted by Crippen LogP contribution is -2.50. The Labute approximate surface area is 339 Å². The quantitative estimate of drug-likeness (QED) is 0.158. The van der Waals surface area contributed by atoms with Crippen LogP contribution in [0.1, 0.15) is 0 Å². The predicted octanol–water partition coefficient (Wildman–Crippen LogP) is 12.7. The summed E-state index contributed by atoms with van der Waals surface area (Å²) in [6, 6.07) is 72.2. The van der Waals surface area contributed by atoms with Gasteiger partial charge in [0.15, 0.2) is 5.82 Å². The number of benzene rings is 8. The van der Waals surface area contributed by atoms with Crippen molar-refractivity contribution in [3.05, 3.63) is 200 Å². The summed E-state index contributed by atoms with van der Waals surface area (Å²) in [5.41, 5.74) is 16.1. The Bertz CT molecular complexity index is 3200. The fourth-order valence-corrected chi connectivity index (χ4v) is 12.5. The molecule has 3 heterocycles. The monoisotopic (exact) mass is 757 g/mol. The highest BCUT2D eigenvalue weighted by atomic mass is 28.3. The van der Waals surface area contributed by atoms with Gasteiger partial charge in [0.25, 0.3) is 0 Å². The smallest absolute Gasteiger partial charge is 0.160 e. The number of para-hydroxylation sites is 1. The van der Waals surface area contributed by atoms with Gasteiger partial charge in [0.05, 0.1) is 22.4 Å². The normalized spacial score (nSPS) is 12.8. The third-order valence-corrected chi connectivity index (χ3v) is 15.5. The highest BCUT2D eigenvalue weighted by molar-refractivity contribution is 7.04. The second kappa shape index (κ2) is 13.5. The van der Waals surface area contributed by atoms with Crippen molar-refractivity contribution in [2.45, 2.75) is 13.1 Å². The molecule has 1 aliphatic heterocycles. The minimum Gasteiger partial charge on any atom is -0.309 e. The van der Waals surface area contributed by atoms with Crippen LogP contribution in [-0.2, 0) is 0 Å². The van der Waals surface area contributed by atoms with E-state index in [9.17, 15) is 0 Å². The Morgan fingerprint density at radius 2 is 0.931 bits per heavy atom. The number of nitrogens with zero attached hydrogens (tertiary/aromatic N) is 3. The summed E-state index contributed by atoms with van der Waals surface area (Å²) in [6.45, 7) is 4.89. The number of hydrogen-bond donors (Lipinski definition) is 0. The summed E-state index contributed by atoms with van der Waals surface area (Å²) in [5.74, 6) is 0.745. The first kappa shape index (κ1) is 34.1. The molecule has 1 aliphatic rings.